The minimum absolute atomic E-state index is 0.574. The Kier molecular flexibility index (Phi) is 14.2. The molecule has 0 aromatic carbocycles. The molecule has 0 unspecified atom stereocenters. The van der Waals surface area contributed by atoms with Gasteiger partial charge in [-0.25, -0.2) is 0 Å². The van der Waals surface area contributed by atoms with E-state index in [2.05, 4.69) is 78.5 Å². The van der Waals surface area contributed by atoms with E-state index < -0.39 is 0 Å². The molecule has 158 valence electrons. The van der Waals surface area contributed by atoms with Crippen LogP contribution in [0.5, 0.6) is 0 Å². The highest BCUT2D eigenvalue weighted by molar-refractivity contribution is 5.50. The third kappa shape index (κ3) is 11.2. The molecule has 0 saturated heterocycles. The summed E-state index contributed by atoms with van der Waals surface area (Å²) in [6, 6.07) is 0. The Labute approximate surface area is 175 Å². The first-order valence-electron chi connectivity index (χ1n) is 11.2. The molecule has 0 atom stereocenters. The normalized spacial score (nSPS) is 14.8. The fourth-order valence-electron chi connectivity index (χ4n) is 3.05. The summed E-state index contributed by atoms with van der Waals surface area (Å²) in [5.41, 5.74) is 13.4. The first-order chi connectivity index (χ1) is 13.3. The highest BCUT2D eigenvalue weighted by Crippen LogP contribution is 2.22. The van der Waals surface area contributed by atoms with E-state index in [1.54, 1.807) is 0 Å². The van der Waals surface area contributed by atoms with E-state index in [-0.39, 0.29) is 0 Å². The van der Waals surface area contributed by atoms with Crippen molar-refractivity contribution in [3.05, 3.63) is 70.5 Å². The van der Waals surface area contributed by atoms with Crippen LogP contribution in [0.3, 0.4) is 0 Å². The molecule has 28 heavy (non-hydrogen) atoms. The lowest BCUT2D eigenvalue weighted by Crippen LogP contribution is -2.01. The molecule has 0 bridgehead atoms. The van der Waals surface area contributed by atoms with E-state index in [0.29, 0.717) is 5.92 Å². The van der Waals surface area contributed by atoms with Gasteiger partial charge >= 0.3 is 0 Å². The quantitative estimate of drug-likeness (QED) is 0.317. The Bertz CT molecular complexity index is 617. The van der Waals surface area contributed by atoms with E-state index in [1.165, 1.54) is 36.0 Å². The third-order valence-electron chi connectivity index (χ3n) is 4.91. The maximum absolute atomic E-state index is 6.17. The molecule has 1 nitrogen and oxygen atoms in total. The second kappa shape index (κ2) is 15.2. The number of rotatable bonds is 13. The Morgan fingerprint density at radius 2 is 1.64 bits per heavy atom. The lowest BCUT2D eigenvalue weighted by Gasteiger charge is -2.11. The minimum Gasteiger partial charge on any atom is -0.402 e. The SMILES string of the molecule is C=C(/C=C\C(CC)=C(\C)CCCC)C(/C=C/CCC)=C/C(CC(C)C)=C(\C)N. The zero-order valence-electron chi connectivity index (χ0n) is 19.7. The second-order valence-electron chi connectivity index (χ2n) is 8.22. The Morgan fingerprint density at radius 3 is 2.14 bits per heavy atom. The van der Waals surface area contributed by atoms with E-state index in [9.17, 15) is 0 Å². The van der Waals surface area contributed by atoms with Crippen molar-refractivity contribution in [2.75, 3.05) is 0 Å². The van der Waals surface area contributed by atoms with Gasteiger partial charge in [-0.05, 0) is 80.2 Å². The topological polar surface area (TPSA) is 26.0 Å². The van der Waals surface area contributed by atoms with Crippen LogP contribution in [0.4, 0.5) is 0 Å². The number of nitrogens with two attached hydrogens (primary N) is 1. The van der Waals surface area contributed by atoms with Crippen LogP contribution in [-0.2, 0) is 0 Å². The predicted octanol–water partition coefficient (Wildman–Crippen LogP) is 8.58. The van der Waals surface area contributed by atoms with Crippen LogP contribution in [0.15, 0.2) is 70.5 Å². The molecule has 0 aliphatic carbocycles. The summed E-state index contributed by atoms with van der Waals surface area (Å²) in [5.74, 6) is 0.574. The summed E-state index contributed by atoms with van der Waals surface area (Å²) in [7, 11) is 0. The average Bonchev–Trinajstić information content (AvgIpc) is 2.64. The van der Waals surface area contributed by atoms with Gasteiger partial charge in [-0.2, -0.15) is 0 Å². The monoisotopic (exact) mass is 383 g/mol. The molecule has 0 aliphatic rings. The number of allylic oxidation sites excluding steroid dienone is 11. The van der Waals surface area contributed by atoms with Crippen molar-refractivity contribution in [2.45, 2.75) is 93.4 Å². The van der Waals surface area contributed by atoms with E-state index in [0.717, 1.165) is 42.5 Å². The number of hydrogen-bond acceptors (Lipinski definition) is 1. The summed E-state index contributed by atoms with van der Waals surface area (Å²) in [4.78, 5) is 0. The van der Waals surface area contributed by atoms with Crippen LogP contribution in [0.25, 0.3) is 0 Å². The van der Waals surface area contributed by atoms with E-state index in [1.807, 2.05) is 6.92 Å². The molecule has 0 rings (SSSR count). The molecule has 0 spiro atoms. The van der Waals surface area contributed by atoms with Crippen LogP contribution in [0.2, 0.25) is 0 Å². The van der Waals surface area contributed by atoms with Crippen molar-refractivity contribution in [2.24, 2.45) is 11.7 Å². The number of hydrogen-bond donors (Lipinski definition) is 1. The van der Waals surface area contributed by atoms with Crippen LogP contribution < -0.4 is 5.73 Å². The highest BCUT2D eigenvalue weighted by Gasteiger charge is 2.05. The molecule has 0 amide bonds. The molecule has 0 aliphatic heterocycles. The van der Waals surface area contributed by atoms with Crippen LogP contribution >= 0.6 is 0 Å². The molecule has 0 aromatic heterocycles. The first kappa shape index (κ1) is 26.2. The molecular formula is C27H45N. The summed E-state index contributed by atoms with van der Waals surface area (Å²) in [6.45, 7) is 19.8. The summed E-state index contributed by atoms with van der Waals surface area (Å²) in [6.07, 6.45) is 19.1. The van der Waals surface area contributed by atoms with Crippen molar-refractivity contribution in [1.82, 2.24) is 0 Å². The van der Waals surface area contributed by atoms with Gasteiger partial charge in [0.05, 0.1) is 0 Å². The summed E-state index contributed by atoms with van der Waals surface area (Å²) >= 11 is 0. The maximum Gasteiger partial charge on any atom is 0.00817 e. The maximum atomic E-state index is 6.17. The molecule has 2 N–H and O–H groups in total. The zero-order chi connectivity index (χ0) is 21.5. The fraction of sp³-hybridized carbons (Fsp3) is 0.556. The third-order valence-corrected chi connectivity index (χ3v) is 4.91. The molecular weight excluding hydrogens is 338 g/mol. The summed E-state index contributed by atoms with van der Waals surface area (Å²) in [5, 5.41) is 0. The van der Waals surface area contributed by atoms with E-state index >= 15 is 0 Å². The summed E-state index contributed by atoms with van der Waals surface area (Å²) < 4.78 is 0. The van der Waals surface area contributed by atoms with Gasteiger partial charge in [0.25, 0.3) is 0 Å². The van der Waals surface area contributed by atoms with Gasteiger partial charge in [0, 0.05) is 5.70 Å². The van der Waals surface area contributed by atoms with Crippen molar-refractivity contribution < 1.29 is 0 Å². The van der Waals surface area contributed by atoms with Gasteiger partial charge in [0.1, 0.15) is 0 Å². The zero-order valence-corrected chi connectivity index (χ0v) is 19.7. The first-order valence-corrected chi connectivity index (χ1v) is 11.2. The van der Waals surface area contributed by atoms with Crippen LogP contribution in [0.1, 0.15) is 93.4 Å². The van der Waals surface area contributed by atoms with Gasteiger partial charge in [-0.3, -0.25) is 0 Å². The average molecular weight is 384 g/mol. The lowest BCUT2D eigenvalue weighted by atomic mass is 9.95. The van der Waals surface area contributed by atoms with Gasteiger partial charge < -0.3 is 5.73 Å². The minimum atomic E-state index is 0.574. The smallest absolute Gasteiger partial charge is 0.00817 e. The van der Waals surface area contributed by atoms with E-state index in [4.69, 9.17) is 5.73 Å². The molecule has 1 heteroatoms. The van der Waals surface area contributed by atoms with Gasteiger partial charge in [0.2, 0.25) is 0 Å². The van der Waals surface area contributed by atoms with Gasteiger partial charge in [-0.15, -0.1) is 0 Å². The molecule has 0 saturated carbocycles. The Morgan fingerprint density at radius 1 is 0.964 bits per heavy atom. The predicted molar refractivity (Wildman–Crippen MR) is 129 cm³/mol. The van der Waals surface area contributed by atoms with Crippen molar-refractivity contribution >= 4 is 0 Å². The lowest BCUT2D eigenvalue weighted by molar-refractivity contribution is 0.645. The molecule has 0 fully saturated rings. The van der Waals surface area contributed by atoms with Crippen molar-refractivity contribution in [1.29, 1.82) is 0 Å². The highest BCUT2D eigenvalue weighted by atomic mass is 14.6. The molecule has 0 aromatic rings. The van der Waals surface area contributed by atoms with Gasteiger partial charge in [-0.1, -0.05) is 83.9 Å². The Balaban J connectivity index is 5.76. The standard InChI is InChI=1S/C27H45N/c1-9-12-14-16-26(20-27(24(8)28)19-21(4)5)23(7)17-18-25(11-3)22(6)15-13-10-2/h14,16-18,20-21H,7,9-13,15,19,28H2,1-6,8H3/b16-14+,18-17-,25-22-,26-20+,27-24+. The second-order valence-corrected chi connectivity index (χ2v) is 8.22. The van der Waals surface area contributed by atoms with Crippen LogP contribution in [0, 0.1) is 5.92 Å². The van der Waals surface area contributed by atoms with Crippen molar-refractivity contribution in [3.63, 3.8) is 0 Å². The van der Waals surface area contributed by atoms with Crippen molar-refractivity contribution in [3.8, 4) is 0 Å². The molecule has 0 heterocycles. The van der Waals surface area contributed by atoms with Gasteiger partial charge in [0.15, 0.2) is 0 Å². The Hall–Kier alpha value is -1.76. The number of unbranched alkanes of at least 4 members (excludes halogenated alkanes) is 2. The molecule has 0 radical (unpaired) electrons. The largest absolute Gasteiger partial charge is 0.402 e. The van der Waals surface area contributed by atoms with Crippen LogP contribution in [-0.4, -0.2) is 0 Å². The fourth-order valence-corrected chi connectivity index (χ4v) is 3.05.